The minimum absolute atomic E-state index is 0.108. The number of carboxylic acids is 1. The van der Waals surface area contributed by atoms with Crippen LogP contribution in [-0.2, 0) is 9.53 Å². The van der Waals surface area contributed by atoms with Crippen LogP contribution >= 0.6 is 0 Å². The van der Waals surface area contributed by atoms with Crippen molar-refractivity contribution >= 4 is 5.97 Å². The number of hydrogen-bond acceptors (Lipinski definition) is 3. The van der Waals surface area contributed by atoms with Crippen molar-refractivity contribution in [2.45, 2.75) is 38.8 Å². The fourth-order valence-electron chi connectivity index (χ4n) is 1.81. The van der Waals surface area contributed by atoms with Gasteiger partial charge in [0.25, 0.3) is 0 Å². The first kappa shape index (κ1) is 11.5. The molecular weight excluding hydrogens is 182 g/mol. The number of nitrogens with zero attached hydrogens (tertiary/aromatic N) is 1. The second-order valence-corrected chi connectivity index (χ2v) is 3.98. The third-order valence-electron chi connectivity index (χ3n) is 2.58. The number of aliphatic carboxylic acids is 1. The van der Waals surface area contributed by atoms with E-state index in [1.807, 2.05) is 13.8 Å². The van der Waals surface area contributed by atoms with Crippen LogP contribution in [0.1, 0.15) is 26.7 Å². The van der Waals surface area contributed by atoms with Gasteiger partial charge in [-0.25, -0.2) is 0 Å². The zero-order chi connectivity index (χ0) is 10.6. The van der Waals surface area contributed by atoms with E-state index in [9.17, 15) is 4.79 Å². The molecule has 2 unspecified atom stereocenters. The maximum Gasteiger partial charge on any atom is 0.304 e. The predicted octanol–water partition coefficient (Wildman–Crippen LogP) is 0.960. The third kappa shape index (κ3) is 3.64. The third-order valence-corrected chi connectivity index (χ3v) is 2.58. The molecule has 1 aliphatic heterocycles. The van der Waals surface area contributed by atoms with E-state index in [4.69, 9.17) is 9.84 Å². The number of rotatable bonds is 3. The van der Waals surface area contributed by atoms with Crippen LogP contribution in [0.3, 0.4) is 0 Å². The van der Waals surface area contributed by atoms with Crippen LogP contribution in [0.15, 0.2) is 0 Å². The summed E-state index contributed by atoms with van der Waals surface area (Å²) in [5.41, 5.74) is 0. The fraction of sp³-hybridized carbons (Fsp3) is 0.900. The lowest BCUT2D eigenvalue weighted by Crippen LogP contribution is -2.38. The van der Waals surface area contributed by atoms with Crippen LogP contribution in [0.2, 0.25) is 0 Å². The van der Waals surface area contributed by atoms with Crippen LogP contribution in [0, 0.1) is 0 Å². The van der Waals surface area contributed by atoms with Gasteiger partial charge in [-0.15, -0.1) is 0 Å². The van der Waals surface area contributed by atoms with E-state index < -0.39 is 5.97 Å². The van der Waals surface area contributed by atoms with E-state index in [-0.39, 0.29) is 18.6 Å². The van der Waals surface area contributed by atoms with Gasteiger partial charge in [-0.05, 0) is 20.3 Å². The van der Waals surface area contributed by atoms with Crippen molar-refractivity contribution < 1.29 is 14.6 Å². The molecule has 82 valence electrons. The van der Waals surface area contributed by atoms with Crippen molar-refractivity contribution in [3.05, 3.63) is 0 Å². The summed E-state index contributed by atoms with van der Waals surface area (Å²) >= 11 is 0. The molecule has 1 heterocycles. The van der Waals surface area contributed by atoms with Gasteiger partial charge in [0, 0.05) is 25.7 Å². The molecule has 0 aromatic rings. The molecule has 2 atom stereocenters. The summed E-state index contributed by atoms with van der Waals surface area (Å²) in [7, 11) is 0. The summed E-state index contributed by atoms with van der Waals surface area (Å²) in [6, 6.07) is 0.108. The summed E-state index contributed by atoms with van der Waals surface area (Å²) in [6.45, 7) is 6.57. The van der Waals surface area contributed by atoms with Gasteiger partial charge in [-0.1, -0.05) is 0 Å². The average Bonchev–Trinajstić information content (AvgIpc) is 2.28. The molecule has 0 aromatic heterocycles. The molecule has 1 rings (SSSR count). The Balaban J connectivity index is 2.43. The number of ether oxygens (including phenoxy) is 1. The molecule has 4 heteroatoms. The molecule has 1 aliphatic rings. The van der Waals surface area contributed by atoms with Crippen molar-refractivity contribution in [3.63, 3.8) is 0 Å². The molecule has 1 fully saturated rings. The van der Waals surface area contributed by atoms with Crippen molar-refractivity contribution in [1.29, 1.82) is 0 Å². The van der Waals surface area contributed by atoms with Gasteiger partial charge in [-0.2, -0.15) is 0 Å². The Bertz CT molecular complexity index is 196. The molecule has 1 saturated heterocycles. The van der Waals surface area contributed by atoms with Crippen LogP contribution in [0.5, 0.6) is 0 Å². The Morgan fingerprint density at radius 2 is 2.43 bits per heavy atom. The largest absolute Gasteiger partial charge is 0.481 e. The first-order chi connectivity index (χ1) is 6.59. The maximum atomic E-state index is 10.6. The number of carboxylic acid groups (broad SMARTS) is 1. The average molecular weight is 201 g/mol. The van der Waals surface area contributed by atoms with Gasteiger partial charge in [0.05, 0.1) is 12.5 Å². The van der Waals surface area contributed by atoms with Crippen LogP contribution in [-0.4, -0.2) is 47.8 Å². The molecule has 4 nitrogen and oxygen atoms in total. The molecule has 0 radical (unpaired) electrons. The molecule has 14 heavy (non-hydrogen) atoms. The van der Waals surface area contributed by atoms with Crippen LogP contribution < -0.4 is 0 Å². The highest BCUT2D eigenvalue weighted by Crippen LogP contribution is 2.11. The van der Waals surface area contributed by atoms with Crippen molar-refractivity contribution in [2.24, 2.45) is 0 Å². The Morgan fingerprint density at radius 3 is 3.07 bits per heavy atom. The SMILES string of the molecule is CC1CN(C(C)CC(=O)O)CCCO1. The first-order valence-electron chi connectivity index (χ1n) is 5.17. The first-order valence-corrected chi connectivity index (χ1v) is 5.17. The summed E-state index contributed by atoms with van der Waals surface area (Å²) in [4.78, 5) is 12.8. The lowest BCUT2D eigenvalue weighted by Gasteiger charge is -2.27. The predicted molar refractivity (Wildman–Crippen MR) is 53.3 cm³/mol. The van der Waals surface area contributed by atoms with E-state index in [2.05, 4.69) is 4.90 Å². The van der Waals surface area contributed by atoms with E-state index in [0.29, 0.717) is 0 Å². The molecule has 0 aromatic carbocycles. The summed E-state index contributed by atoms with van der Waals surface area (Å²) in [6.07, 6.45) is 1.43. The van der Waals surface area contributed by atoms with Gasteiger partial charge in [-0.3, -0.25) is 9.69 Å². The maximum absolute atomic E-state index is 10.6. The van der Waals surface area contributed by atoms with Gasteiger partial charge in [0.15, 0.2) is 0 Å². The monoisotopic (exact) mass is 201 g/mol. The van der Waals surface area contributed by atoms with E-state index in [1.165, 1.54) is 0 Å². The molecule has 1 N–H and O–H groups in total. The Hall–Kier alpha value is -0.610. The Morgan fingerprint density at radius 1 is 1.71 bits per heavy atom. The summed E-state index contributed by atoms with van der Waals surface area (Å²) in [5, 5.41) is 8.69. The molecule has 0 bridgehead atoms. The smallest absolute Gasteiger partial charge is 0.304 e. The van der Waals surface area contributed by atoms with E-state index in [1.54, 1.807) is 0 Å². The zero-order valence-electron chi connectivity index (χ0n) is 8.90. The molecular formula is C10H19NO3. The minimum Gasteiger partial charge on any atom is -0.481 e. The Labute approximate surface area is 84.8 Å². The molecule has 0 amide bonds. The van der Waals surface area contributed by atoms with Crippen molar-refractivity contribution in [2.75, 3.05) is 19.7 Å². The fourth-order valence-corrected chi connectivity index (χ4v) is 1.81. The summed E-state index contributed by atoms with van der Waals surface area (Å²) in [5.74, 6) is -0.727. The Kier molecular flexibility index (Phi) is 4.35. The van der Waals surface area contributed by atoms with Gasteiger partial charge >= 0.3 is 5.97 Å². The van der Waals surface area contributed by atoms with Crippen LogP contribution in [0.4, 0.5) is 0 Å². The highest BCUT2D eigenvalue weighted by molar-refractivity contribution is 5.67. The normalized spacial score (nSPS) is 26.9. The quantitative estimate of drug-likeness (QED) is 0.739. The topological polar surface area (TPSA) is 49.8 Å². The van der Waals surface area contributed by atoms with Crippen molar-refractivity contribution in [3.8, 4) is 0 Å². The van der Waals surface area contributed by atoms with Gasteiger partial charge in [0.1, 0.15) is 0 Å². The number of carbonyl (C=O) groups is 1. The lowest BCUT2D eigenvalue weighted by molar-refractivity contribution is -0.138. The summed E-state index contributed by atoms with van der Waals surface area (Å²) < 4.78 is 5.50. The molecule has 0 saturated carbocycles. The number of hydrogen-bond donors (Lipinski definition) is 1. The highest BCUT2D eigenvalue weighted by atomic mass is 16.5. The van der Waals surface area contributed by atoms with E-state index in [0.717, 1.165) is 26.1 Å². The van der Waals surface area contributed by atoms with E-state index >= 15 is 0 Å². The lowest BCUT2D eigenvalue weighted by atomic mass is 10.2. The second kappa shape index (κ2) is 5.32. The minimum atomic E-state index is -0.727. The second-order valence-electron chi connectivity index (χ2n) is 3.98. The molecule has 0 aliphatic carbocycles. The van der Waals surface area contributed by atoms with Crippen LogP contribution in [0.25, 0.3) is 0 Å². The van der Waals surface area contributed by atoms with Gasteiger partial charge in [0.2, 0.25) is 0 Å². The standard InChI is InChI=1S/C10H19NO3/c1-8(6-10(12)13)11-4-3-5-14-9(2)7-11/h8-9H,3-7H2,1-2H3,(H,12,13). The van der Waals surface area contributed by atoms with Crippen molar-refractivity contribution in [1.82, 2.24) is 4.90 Å². The zero-order valence-corrected chi connectivity index (χ0v) is 8.90. The molecule has 0 spiro atoms. The van der Waals surface area contributed by atoms with Gasteiger partial charge < -0.3 is 9.84 Å². The highest BCUT2D eigenvalue weighted by Gasteiger charge is 2.21.